The van der Waals surface area contributed by atoms with Gasteiger partial charge in [0.2, 0.25) is 5.91 Å². The van der Waals surface area contributed by atoms with Gasteiger partial charge in [0, 0.05) is 35.9 Å². The fraction of sp³-hybridized carbons (Fsp3) is 0.500. The van der Waals surface area contributed by atoms with E-state index in [2.05, 4.69) is 16.8 Å². The van der Waals surface area contributed by atoms with Gasteiger partial charge in [-0.3, -0.25) is 9.59 Å². The van der Waals surface area contributed by atoms with Crippen LogP contribution in [-0.2, 0) is 11.3 Å². The Morgan fingerprint density at radius 2 is 1.93 bits per heavy atom. The highest BCUT2D eigenvalue weighted by atomic mass is 32.1. The van der Waals surface area contributed by atoms with Crippen LogP contribution in [0.15, 0.2) is 23.6 Å². The molecule has 2 amide bonds. The molecule has 1 aliphatic carbocycles. The van der Waals surface area contributed by atoms with Gasteiger partial charge in [0.25, 0.3) is 5.91 Å². The number of carbonyl (C=O) groups is 2. The number of rotatable bonds is 5. The van der Waals surface area contributed by atoms with E-state index in [1.807, 2.05) is 30.9 Å². The number of hydrogen-bond donors (Lipinski definition) is 1. The zero-order chi connectivity index (χ0) is 19.7. The van der Waals surface area contributed by atoms with Gasteiger partial charge in [0.05, 0.1) is 17.2 Å². The molecule has 28 heavy (non-hydrogen) atoms. The maximum absolute atomic E-state index is 12.9. The molecule has 1 aromatic carbocycles. The molecule has 2 heterocycles. The Hall–Kier alpha value is -2.21. The van der Waals surface area contributed by atoms with Crippen molar-refractivity contribution < 1.29 is 9.59 Å². The van der Waals surface area contributed by atoms with Gasteiger partial charge in [0.1, 0.15) is 0 Å². The lowest BCUT2D eigenvalue weighted by molar-refractivity contribution is -0.122. The predicted octanol–water partition coefficient (Wildman–Crippen LogP) is 3.81. The van der Waals surface area contributed by atoms with E-state index in [4.69, 9.17) is 4.98 Å². The first-order chi connectivity index (χ1) is 13.5. The molecule has 5 nitrogen and oxygen atoms in total. The van der Waals surface area contributed by atoms with Crippen LogP contribution < -0.4 is 5.32 Å². The molecule has 0 atom stereocenters. The molecule has 148 valence electrons. The number of hydrogen-bond acceptors (Lipinski definition) is 4. The number of nitrogens with one attached hydrogen (secondary N) is 1. The maximum Gasteiger partial charge on any atom is 0.254 e. The first-order valence-electron chi connectivity index (χ1n) is 10.1. The van der Waals surface area contributed by atoms with Crippen LogP contribution in [0.25, 0.3) is 0 Å². The third-order valence-corrected chi connectivity index (χ3v) is 6.76. The zero-order valence-electron chi connectivity index (χ0n) is 16.5. The summed E-state index contributed by atoms with van der Waals surface area (Å²) >= 11 is 1.68. The molecule has 1 aromatic heterocycles. The second kappa shape index (κ2) is 8.03. The minimum absolute atomic E-state index is 0.138. The quantitative estimate of drug-likeness (QED) is 0.835. The molecule has 6 heteroatoms. The largest absolute Gasteiger partial charge is 0.350 e. The Morgan fingerprint density at radius 1 is 1.18 bits per heavy atom. The molecule has 2 aromatic rings. The van der Waals surface area contributed by atoms with E-state index >= 15 is 0 Å². The van der Waals surface area contributed by atoms with Crippen LogP contribution in [0.3, 0.4) is 0 Å². The number of carbonyl (C=O) groups excluding carboxylic acids is 2. The molecule has 0 bridgehead atoms. The van der Waals surface area contributed by atoms with E-state index < -0.39 is 0 Å². The van der Waals surface area contributed by atoms with E-state index in [1.54, 1.807) is 11.3 Å². The van der Waals surface area contributed by atoms with Gasteiger partial charge in [-0.25, -0.2) is 4.98 Å². The molecule has 0 radical (unpaired) electrons. The van der Waals surface area contributed by atoms with Gasteiger partial charge in [-0.05, 0) is 51.2 Å². The number of piperidine rings is 1. The van der Waals surface area contributed by atoms with E-state index in [0.29, 0.717) is 12.5 Å². The first kappa shape index (κ1) is 19.1. The van der Waals surface area contributed by atoms with Gasteiger partial charge in [-0.15, -0.1) is 11.3 Å². The van der Waals surface area contributed by atoms with Gasteiger partial charge in [-0.1, -0.05) is 17.7 Å². The third kappa shape index (κ3) is 4.27. The summed E-state index contributed by atoms with van der Waals surface area (Å²) in [6, 6.07) is 6.02. The van der Waals surface area contributed by atoms with Crippen LogP contribution in [-0.4, -0.2) is 34.8 Å². The van der Waals surface area contributed by atoms with Crippen LogP contribution >= 0.6 is 11.3 Å². The van der Waals surface area contributed by atoms with Crippen molar-refractivity contribution >= 4 is 23.2 Å². The highest BCUT2D eigenvalue weighted by molar-refractivity contribution is 7.09. The highest BCUT2D eigenvalue weighted by Crippen LogP contribution is 2.32. The van der Waals surface area contributed by atoms with Crippen molar-refractivity contribution in [3.8, 4) is 0 Å². The molecule has 0 unspecified atom stereocenters. The second-order valence-electron chi connectivity index (χ2n) is 8.05. The molecule has 1 aliphatic heterocycles. The van der Waals surface area contributed by atoms with Gasteiger partial charge < -0.3 is 10.2 Å². The summed E-state index contributed by atoms with van der Waals surface area (Å²) in [5.41, 5.74) is 3.99. The van der Waals surface area contributed by atoms with Crippen molar-refractivity contribution in [2.24, 2.45) is 5.92 Å². The average Bonchev–Trinajstić information content (AvgIpc) is 3.44. The summed E-state index contributed by atoms with van der Waals surface area (Å²) in [7, 11) is 0. The van der Waals surface area contributed by atoms with E-state index in [-0.39, 0.29) is 17.7 Å². The van der Waals surface area contributed by atoms with Crippen molar-refractivity contribution in [1.82, 2.24) is 15.2 Å². The summed E-state index contributed by atoms with van der Waals surface area (Å²) in [5.74, 6) is 0.935. The monoisotopic (exact) mass is 397 g/mol. The number of aryl methyl sites for hydroxylation is 2. The maximum atomic E-state index is 12.9. The minimum Gasteiger partial charge on any atom is -0.350 e. The summed E-state index contributed by atoms with van der Waals surface area (Å²) in [6.07, 6.45) is 3.93. The predicted molar refractivity (Wildman–Crippen MR) is 110 cm³/mol. The highest BCUT2D eigenvalue weighted by Gasteiger charge is 2.30. The standard InChI is InChI=1S/C22H27N3O2S/c1-14-3-6-19(15(2)11-14)22(27)25-9-7-17(8-10-25)21-24-18(13-28-21)12-23-20(26)16-4-5-16/h3,6,11,13,16-17H,4-5,7-10,12H2,1-2H3,(H,23,26). The van der Waals surface area contributed by atoms with E-state index in [0.717, 1.165) is 60.6 Å². The fourth-order valence-corrected chi connectivity index (χ4v) is 4.80. The third-order valence-electron chi connectivity index (χ3n) is 5.71. The van der Waals surface area contributed by atoms with Crippen molar-refractivity contribution in [3.63, 3.8) is 0 Å². The normalized spacial score (nSPS) is 17.6. The number of benzene rings is 1. The average molecular weight is 398 g/mol. The molecule has 2 aliphatic rings. The summed E-state index contributed by atoms with van der Waals surface area (Å²) in [4.78, 5) is 31.3. The second-order valence-corrected chi connectivity index (χ2v) is 8.94. The SMILES string of the molecule is Cc1ccc(C(=O)N2CCC(c3nc(CNC(=O)C4CC4)cs3)CC2)c(C)c1. The van der Waals surface area contributed by atoms with Crippen LogP contribution in [0.5, 0.6) is 0 Å². The van der Waals surface area contributed by atoms with Gasteiger partial charge in [0.15, 0.2) is 0 Å². The van der Waals surface area contributed by atoms with Crippen molar-refractivity contribution in [1.29, 1.82) is 0 Å². The summed E-state index contributed by atoms with van der Waals surface area (Å²) in [5, 5.41) is 6.16. The molecule has 4 rings (SSSR count). The summed E-state index contributed by atoms with van der Waals surface area (Å²) < 4.78 is 0. The molecular formula is C22H27N3O2S. The smallest absolute Gasteiger partial charge is 0.254 e. The van der Waals surface area contributed by atoms with Crippen molar-refractivity contribution in [2.75, 3.05) is 13.1 Å². The van der Waals surface area contributed by atoms with Crippen LogP contribution in [0.4, 0.5) is 0 Å². The molecule has 1 N–H and O–H groups in total. The first-order valence-corrected chi connectivity index (χ1v) is 11.0. The lowest BCUT2D eigenvalue weighted by Crippen LogP contribution is -2.38. The van der Waals surface area contributed by atoms with Crippen LogP contribution in [0.1, 0.15) is 63.8 Å². The zero-order valence-corrected chi connectivity index (χ0v) is 17.3. The number of likely N-dealkylation sites (tertiary alicyclic amines) is 1. The lowest BCUT2D eigenvalue weighted by Gasteiger charge is -2.31. The molecule has 1 saturated carbocycles. The Bertz CT molecular complexity index is 880. The van der Waals surface area contributed by atoms with E-state index in [1.165, 1.54) is 5.56 Å². The topological polar surface area (TPSA) is 62.3 Å². The number of aromatic nitrogens is 1. The van der Waals surface area contributed by atoms with Crippen molar-refractivity contribution in [2.45, 2.75) is 52.0 Å². The molecular weight excluding hydrogens is 370 g/mol. The van der Waals surface area contributed by atoms with Crippen LogP contribution in [0, 0.1) is 19.8 Å². The Balaban J connectivity index is 1.31. The number of nitrogens with zero attached hydrogens (tertiary/aromatic N) is 2. The number of amides is 2. The molecule has 0 spiro atoms. The molecule has 1 saturated heterocycles. The minimum atomic E-state index is 0.138. The Kier molecular flexibility index (Phi) is 5.49. The van der Waals surface area contributed by atoms with Crippen LogP contribution in [0.2, 0.25) is 0 Å². The molecule has 2 fully saturated rings. The van der Waals surface area contributed by atoms with Crippen molar-refractivity contribution in [3.05, 3.63) is 51.0 Å². The Morgan fingerprint density at radius 3 is 2.61 bits per heavy atom. The Labute approximate surface area is 170 Å². The lowest BCUT2D eigenvalue weighted by atomic mass is 9.96. The number of thiazole rings is 1. The fourth-order valence-electron chi connectivity index (χ4n) is 3.81. The summed E-state index contributed by atoms with van der Waals surface area (Å²) in [6.45, 7) is 6.11. The van der Waals surface area contributed by atoms with E-state index in [9.17, 15) is 9.59 Å². The van der Waals surface area contributed by atoms with Gasteiger partial charge in [-0.2, -0.15) is 0 Å². The van der Waals surface area contributed by atoms with Gasteiger partial charge >= 0.3 is 0 Å².